The van der Waals surface area contributed by atoms with E-state index in [2.05, 4.69) is 10.3 Å². The molecule has 2 aromatic rings. The molecule has 0 unspecified atom stereocenters. The van der Waals surface area contributed by atoms with Crippen molar-refractivity contribution in [1.82, 2.24) is 4.98 Å². The molecule has 1 aromatic carbocycles. The Labute approximate surface area is 128 Å². The molecule has 4 nitrogen and oxygen atoms in total. The highest BCUT2D eigenvalue weighted by atomic mass is 32.1. The number of nitrogens with zero attached hydrogens (tertiary/aromatic N) is 1. The van der Waals surface area contributed by atoms with Gasteiger partial charge in [0, 0.05) is 4.88 Å². The molecular formula is C14H13F3N2O2S. The van der Waals surface area contributed by atoms with Crippen molar-refractivity contribution in [2.75, 3.05) is 11.9 Å². The molecule has 0 aliphatic carbocycles. The molecule has 0 saturated carbocycles. The fraction of sp³-hybridized carbons (Fsp3) is 0.286. The Morgan fingerprint density at radius 2 is 2.00 bits per heavy atom. The van der Waals surface area contributed by atoms with Gasteiger partial charge in [-0.15, -0.1) is 11.3 Å². The van der Waals surface area contributed by atoms with Crippen LogP contribution in [-0.4, -0.2) is 17.5 Å². The molecular weight excluding hydrogens is 317 g/mol. The maximum absolute atomic E-state index is 12.8. The summed E-state index contributed by atoms with van der Waals surface area (Å²) in [5, 5.41) is 2.89. The van der Waals surface area contributed by atoms with Gasteiger partial charge in [0.05, 0.1) is 11.3 Å². The average Bonchev–Trinajstić information content (AvgIpc) is 2.74. The summed E-state index contributed by atoms with van der Waals surface area (Å²) in [5.41, 5.74) is -0.118. The van der Waals surface area contributed by atoms with Crippen LogP contribution < -0.4 is 10.1 Å². The number of hydrogen-bond donors (Lipinski definition) is 1. The van der Waals surface area contributed by atoms with E-state index in [0.717, 1.165) is 16.6 Å². The van der Waals surface area contributed by atoms with Crippen LogP contribution in [0.4, 0.5) is 18.3 Å². The van der Waals surface area contributed by atoms with Crippen molar-refractivity contribution >= 4 is 22.4 Å². The molecule has 0 fully saturated rings. The highest BCUT2D eigenvalue weighted by Gasteiger charge is 2.34. The molecule has 1 amide bonds. The topological polar surface area (TPSA) is 51.2 Å². The number of amides is 1. The third-order valence-electron chi connectivity index (χ3n) is 2.83. The number of hydrogen-bond acceptors (Lipinski definition) is 4. The van der Waals surface area contributed by atoms with Crippen LogP contribution in [0.5, 0.6) is 5.75 Å². The summed E-state index contributed by atoms with van der Waals surface area (Å²) in [4.78, 5) is 16.8. The SMILES string of the molecule is Cc1nc(NC(=O)COc2ccccc2C(F)(F)F)sc1C. The summed E-state index contributed by atoms with van der Waals surface area (Å²) in [6.07, 6.45) is -4.53. The van der Waals surface area contributed by atoms with Crippen molar-refractivity contribution < 1.29 is 22.7 Å². The van der Waals surface area contributed by atoms with Gasteiger partial charge in [0.15, 0.2) is 11.7 Å². The fourth-order valence-electron chi connectivity index (χ4n) is 1.65. The molecule has 1 N–H and O–H groups in total. The summed E-state index contributed by atoms with van der Waals surface area (Å²) >= 11 is 1.29. The maximum atomic E-state index is 12.8. The summed E-state index contributed by atoms with van der Waals surface area (Å²) in [6.45, 7) is 3.14. The average molecular weight is 330 g/mol. The Balaban J connectivity index is 2.00. The van der Waals surface area contributed by atoms with Crippen LogP contribution in [0.25, 0.3) is 0 Å². The van der Waals surface area contributed by atoms with Crippen molar-refractivity contribution in [2.24, 2.45) is 0 Å². The van der Waals surface area contributed by atoms with Gasteiger partial charge in [0.25, 0.3) is 5.91 Å². The number of nitrogens with one attached hydrogen (secondary N) is 1. The number of carbonyl (C=O) groups excluding carboxylic acids is 1. The molecule has 0 bridgehead atoms. The van der Waals surface area contributed by atoms with E-state index in [1.54, 1.807) is 6.92 Å². The van der Waals surface area contributed by atoms with Crippen molar-refractivity contribution in [3.63, 3.8) is 0 Å². The zero-order chi connectivity index (χ0) is 16.3. The van der Waals surface area contributed by atoms with Gasteiger partial charge in [-0.05, 0) is 26.0 Å². The first-order chi connectivity index (χ1) is 10.3. The van der Waals surface area contributed by atoms with Crippen LogP contribution in [0.15, 0.2) is 24.3 Å². The molecule has 1 heterocycles. The van der Waals surface area contributed by atoms with Crippen molar-refractivity contribution in [3.05, 3.63) is 40.4 Å². The number of aromatic nitrogens is 1. The highest BCUT2D eigenvalue weighted by molar-refractivity contribution is 7.15. The molecule has 22 heavy (non-hydrogen) atoms. The Bertz CT molecular complexity index is 663. The first-order valence-corrected chi connectivity index (χ1v) is 7.12. The van der Waals surface area contributed by atoms with Crippen LogP contribution in [0.2, 0.25) is 0 Å². The number of carbonyl (C=O) groups is 1. The van der Waals surface area contributed by atoms with E-state index in [9.17, 15) is 18.0 Å². The molecule has 118 valence electrons. The molecule has 0 atom stereocenters. The van der Waals surface area contributed by atoms with Gasteiger partial charge in [-0.1, -0.05) is 12.1 Å². The Hall–Kier alpha value is -2.09. The number of aryl methyl sites for hydroxylation is 2. The minimum atomic E-state index is -4.53. The third kappa shape index (κ3) is 3.97. The third-order valence-corrected chi connectivity index (χ3v) is 3.81. The van der Waals surface area contributed by atoms with E-state index in [0.29, 0.717) is 5.13 Å². The summed E-state index contributed by atoms with van der Waals surface area (Å²) in [5.74, 6) is -0.942. The molecule has 0 saturated heterocycles. The molecule has 0 aliphatic heterocycles. The standard InChI is InChI=1S/C14H13F3N2O2S/c1-8-9(2)22-13(18-8)19-12(20)7-21-11-6-4-3-5-10(11)14(15,16)17/h3-6H,7H2,1-2H3,(H,18,19,20). The molecule has 0 spiro atoms. The van der Waals surface area contributed by atoms with E-state index in [-0.39, 0.29) is 5.75 Å². The summed E-state index contributed by atoms with van der Waals surface area (Å²) in [6, 6.07) is 4.75. The highest BCUT2D eigenvalue weighted by Crippen LogP contribution is 2.35. The molecule has 0 radical (unpaired) electrons. The number of ether oxygens (including phenoxy) is 1. The van der Waals surface area contributed by atoms with Gasteiger partial charge < -0.3 is 4.74 Å². The summed E-state index contributed by atoms with van der Waals surface area (Å²) < 4.78 is 43.3. The first-order valence-electron chi connectivity index (χ1n) is 6.30. The van der Waals surface area contributed by atoms with Gasteiger partial charge in [0.2, 0.25) is 0 Å². The first kappa shape index (κ1) is 16.3. The van der Waals surface area contributed by atoms with Crippen molar-refractivity contribution in [2.45, 2.75) is 20.0 Å². The van der Waals surface area contributed by atoms with Gasteiger partial charge in [-0.3, -0.25) is 10.1 Å². The lowest BCUT2D eigenvalue weighted by Gasteiger charge is -2.13. The second kappa shape index (κ2) is 6.35. The Kier molecular flexibility index (Phi) is 4.70. The number of anilines is 1. The zero-order valence-corrected chi connectivity index (χ0v) is 12.6. The Morgan fingerprint density at radius 3 is 2.59 bits per heavy atom. The Morgan fingerprint density at radius 1 is 1.32 bits per heavy atom. The van der Waals surface area contributed by atoms with Gasteiger partial charge in [0.1, 0.15) is 5.75 Å². The zero-order valence-electron chi connectivity index (χ0n) is 11.8. The number of benzene rings is 1. The van der Waals surface area contributed by atoms with E-state index in [4.69, 9.17) is 4.74 Å². The van der Waals surface area contributed by atoms with E-state index < -0.39 is 24.3 Å². The lowest BCUT2D eigenvalue weighted by atomic mass is 10.2. The maximum Gasteiger partial charge on any atom is 0.419 e. The van der Waals surface area contributed by atoms with Crippen LogP contribution in [0.3, 0.4) is 0 Å². The van der Waals surface area contributed by atoms with E-state index in [1.165, 1.54) is 29.5 Å². The van der Waals surface area contributed by atoms with Crippen LogP contribution in [0, 0.1) is 13.8 Å². The number of para-hydroxylation sites is 1. The minimum Gasteiger partial charge on any atom is -0.483 e. The van der Waals surface area contributed by atoms with Crippen LogP contribution in [0.1, 0.15) is 16.1 Å². The normalized spacial score (nSPS) is 11.3. The predicted molar refractivity (Wildman–Crippen MR) is 77.2 cm³/mol. The number of thiazole rings is 1. The summed E-state index contributed by atoms with van der Waals surface area (Å²) in [7, 11) is 0. The van der Waals surface area contributed by atoms with Crippen molar-refractivity contribution in [3.8, 4) is 5.75 Å². The smallest absolute Gasteiger partial charge is 0.419 e. The van der Waals surface area contributed by atoms with E-state index >= 15 is 0 Å². The molecule has 8 heteroatoms. The van der Waals surface area contributed by atoms with Crippen molar-refractivity contribution in [1.29, 1.82) is 0 Å². The molecule has 0 aliphatic rings. The lowest BCUT2D eigenvalue weighted by molar-refractivity contribution is -0.139. The quantitative estimate of drug-likeness (QED) is 0.928. The van der Waals surface area contributed by atoms with Crippen LogP contribution in [-0.2, 0) is 11.0 Å². The number of halogens is 3. The second-order valence-electron chi connectivity index (χ2n) is 4.49. The minimum absolute atomic E-state index is 0.378. The van der Waals surface area contributed by atoms with Crippen LogP contribution >= 0.6 is 11.3 Å². The van der Waals surface area contributed by atoms with E-state index in [1.807, 2.05) is 6.92 Å². The monoisotopic (exact) mass is 330 g/mol. The van der Waals surface area contributed by atoms with Gasteiger partial charge >= 0.3 is 6.18 Å². The number of alkyl halides is 3. The second-order valence-corrected chi connectivity index (χ2v) is 5.69. The molecule has 1 aromatic heterocycles. The largest absolute Gasteiger partial charge is 0.483 e. The van der Waals surface area contributed by atoms with Gasteiger partial charge in [-0.2, -0.15) is 13.2 Å². The fourth-order valence-corrected chi connectivity index (χ4v) is 2.48. The number of rotatable bonds is 4. The van der Waals surface area contributed by atoms with Gasteiger partial charge in [-0.25, -0.2) is 4.98 Å². The molecule has 2 rings (SSSR count). The predicted octanol–water partition coefficient (Wildman–Crippen LogP) is 3.80. The lowest BCUT2D eigenvalue weighted by Crippen LogP contribution is -2.21.